The van der Waals surface area contributed by atoms with Gasteiger partial charge in [0.1, 0.15) is 5.69 Å². The van der Waals surface area contributed by atoms with Gasteiger partial charge >= 0.3 is 0 Å². The van der Waals surface area contributed by atoms with Crippen molar-refractivity contribution < 1.29 is 12.9 Å². The van der Waals surface area contributed by atoms with E-state index in [1.807, 2.05) is 0 Å². The summed E-state index contributed by atoms with van der Waals surface area (Å²) >= 11 is 5.79. The van der Waals surface area contributed by atoms with Crippen LogP contribution in [0.3, 0.4) is 0 Å². The van der Waals surface area contributed by atoms with E-state index in [0.717, 1.165) is 0 Å². The Hall–Kier alpha value is -1.60. The monoisotopic (exact) mass is 287 g/mol. The van der Waals surface area contributed by atoms with Crippen molar-refractivity contribution in [2.45, 2.75) is 18.7 Å². The average Bonchev–Trinajstić information content (AvgIpc) is 2.62. The quantitative estimate of drug-likeness (QED) is 0.874. The molecule has 96 valence electrons. The van der Waals surface area contributed by atoms with Gasteiger partial charge in [0.15, 0.2) is 15.8 Å². The van der Waals surface area contributed by atoms with E-state index in [0.29, 0.717) is 5.69 Å². The van der Waals surface area contributed by atoms with Gasteiger partial charge in [0.2, 0.25) is 0 Å². The van der Waals surface area contributed by atoms with Crippen LogP contribution in [0.1, 0.15) is 11.5 Å². The van der Waals surface area contributed by atoms with Gasteiger partial charge < -0.3 is 4.52 Å². The number of hydrogen-bond donors (Lipinski definition) is 1. The van der Waals surface area contributed by atoms with Crippen molar-refractivity contribution >= 4 is 27.3 Å². The molecule has 0 unspecified atom stereocenters. The molecule has 2 heterocycles. The maximum atomic E-state index is 12.2. The van der Waals surface area contributed by atoms with Crippen LogP contribution in [0.15, 0.2) is 27.7 Å². The molecule has 0 aliphatic heterocycles. The number of rotatable bonds is 3. The van der Waals surface area contributed by atoms with E-state index in [4.69, 9.17) is 16.1 Å². The Kier molecular flexibility index (Phi) is 3.27. The van der Waals surface area contributed by atoms with Crippen molar-refractivity contribution in [1.82, 2.24) is 10.1 Å². The van der Waals surface area contributed by atoms with E-state index in [1.165, 1.54) is 19.2 Å². The maximum absolute atomic E-state index is 12.2. The van der Waals surface area contributed by atoms with E-state index < -0.39 is 10.0 Å². The predicted octanol–water partition coefficient (Wildman–Crippen LogP) is 2.14. The molecule has 2 rings (SSSR count). The Bertz CT molecular complexity index is 662. The largest absolute Gasteiger partial charge is 0.360 e. The first-order valence-electron chi connectivity index (χ1n) is 4.98. The number of nitrogens with one attached hydrogen (secondary N) is 1. The van der Waals surface area contributed by atoms with Crippen molar-refractivity contribution in [1.29, 1.82) is 0 Å². The normalized spacial score (nSPS) is 11.5. The molecule has 2 aromatic heterocycles. The molecule has 0 aliphatic rings. The van der Waals surface area contributed by atoms with Crippen molar-refractivity contribution in [3.63, 3.8) is 0 Å². The molecule has 2 aromatic rings. The molecule has 1 N–H and O–H groups in total. The van der Waals surface area contributed by atoms with E-state index in [-0.39, 0.29) is 21.5 Å². The van der Waals surface area contributed by atoms with Gasteiger partial charge in [0.05, 0.1) is 5.69 Å². The van der Waals surface area contributed by atoms with E-state index >= 15 is 0 Å². The number of sulfonamides is 1. The summed E-state index contributed by atoms with van der Waals surface area (Å²) in [6, 6.07) is 3.10. The Morgan fingerprint density at radius 3 is 2.67 bits per heavy atom. The molecule has 6 nitrogen and oxygen atoms in total. The van der Waals surface area contributed by atoms with Gasteiger partial charge in [-0.15, -0.1) is 0 Å². The molecule has 18 heavy (non-hydrogen) atoms. The third-order valence-electron chi connectivity index (χ3n) is 2.24. The van der Waals surface area contributed by atoms with Crippen LogP contribution in [0.25, 0.3) is 0 Å². The van der Waals surface area contributed by atoms with Gasteiger partial charge in [-0.05, 0) is 26.0 Å². The highest BCUT2D eigenvalue weighted by atomic mass is 35.5. The van der Waals surface area contributed by atoms with Crippen LogP contribution in [0.5, 0.6) is 0 Å². The van der Waals surface area contributed by atoms with Crippen LogP contribution in [0.2, 0.25) is 5.15 Å². The molecular formula is C10H10ClN3O3S. The molecule has 0 fully saturated rings. The summed E-state index contributed by atoms with van der Waals surface area (Å²) in [4.78, 5) is 3.81. The summed E-state index contributed by atoms with van der Waals surface area (Å²) in [6.45, 7) is 3.08. The molecule has 8 heteroatoms. The lowest BCUT2D eigenvalue weighted by atomic mass is 10.4. The Labute approximate surface area is 109 Å². The Morgan fingerprint density at radius 1 is 1.39 bits per heavy atom. The van der Waals surface area contributed by atoms with Gasteiger partial charge in [-0.25, -0.2) is 13.4 Å². The zero-order valence-electron chi connectivity index (χ0n) is 9.64. The summed E-state index contributed by atoms with van der Waals surface area (Å²) in [7, 11) is -3.78. The van der Waals surface area contributed by atoms with Crippen LogP contribution >= 0.6 is 11.6 Å². The SMILES string of the molecule is Cc1noc(C)c1S(=O)(=O)Nc1cccnc1Cl. The topological polar surface area (TPSA) is 85.1 Å². The van der Waals surface area contributed by atoms with E-state index in [9.17, 15) is 8.42 Å². The van der Waals surface area contributed by atoms with Crippen molar-refractivity contribution in [2.24, 2.45) is 0 Å². The van der Waals surface area contributed by atoms with Gasteiger partial charge in [-0.3, -0.25) is 4.72 Å². The zero-order chi connectivity index (χ0) is 13.3. The average molecular weight is 288 g/mol. The van der Waals surface area contributed by atoms with Crippen LogP contribution in [-0.2, 0) is 10.0 Å². The molecule has 0 atom stereocenters. The highest BCUT2D eigenvalue weighted by Crippen LogP contribution is 2.25. The molecule has 0 radical (unpaired) electrons. The Morgan fingerprint density at radius 2 is 2.11 bits per heavy atom. The van der Waals surface area contributed by atoms with Gasteiger partial charge in [-0.1, -0.05) is 16.8 Å². The second-order valence-electron chi connectivity index (χ2n) is 3.60. The highest BCUT2D eigenvalue weighted by Gasteiger charge is 2.24. The smallest absolute Gasteiger partial charge is 0.267 e. The minimum atomic E-state index is -3.78. The number of anilines is 1. The lowest BCUT2D eigenvalue weighted by Gasteiger charge is -2.07. The van der Waals surface area contributed by atoms with E-state index in [1.54, 1.807) is 13.0 Å². The summed E-state index contributed by atoms with van der Waals surface area (Å²) in [5, 5.41) is 3.68. The fourth-order valence-electron chi connectivity index (χ4n) is 1.52. The second-order valence-corrected chi connectivity index (χ2v) is 5.58. The van der Waals surface area contributed by atoms with Crippen molar-refractivity contribution in [3.8, 4) is 0 Å². The lowest BCUT2D eigenvalue weighted by molar-refractivity contribution is 0.390. The van der Waals surface area contributed by atoms with Crippen LogP contribution in [0, 0.1) is 13.8 Å². The number of aryl methyl sites for hydroxylation is 2. The fourth-order valence-corrected chi connectivity index (χ4v) is 3.14. The Balaban J connectivity index is 2.43. The third kappa shape index (κ3) is 2.32. The first kappa shape index (κ1) is 12.8. The first-order chi connectivity index (χ1) is 8.42. The number of halogens is 1. The first-order valence-corrected chi connectivity index (χ1v) is 6.84. The molecule has 0 amide bonds. The van der Waals surface area contributed by atoms with Gasteiger partial charge in [0, 0.05) is 6.20 Å². The van der Waals surface area contributed by atoms with E-state index in [2.05, 4.69) is 14.9 Å². The molecule has 0 aromatic carbocycles. The number of pyridine rings is 1. The van der Waals surface area contributed by atoms with Crippen molar-refractivity contribution in [3.05, 3.63) is 34.9 Å². The zero-order valence-corrected chi connectivity index (χ0v) is 11.2. The maximum Gasteiger partial charge on any atom is 0.267 e. The molecule has 0 bridgehead atoms. The van der Waals surface area contributed by atoms with Crippen LogP contribution in [0.4, 0.5) is 5.69 Å². The van der Waals surface area contributed by atoms with Crippen molar-refractivity contribution in [2.75, 3.05) is 4.72 Å². The molecule has 0 aliphatic carbocycles. The van der Waals surface area contributed by atoms with Crippen LogP contribution in [-0.4, -0.2) is 18.6 Å². The number of aromatic nitrogens is 2. The predicted molar refractivity (Wildman–Crippen MR) is 66.0 cm³/mol. The molecule has 0 saturated heterocycles. The highest BCUT2D eigenvalue weighted by molar-refractivity contribution is 7.92. The second kappa shape index (κ2) is 4.58. The summed E-state index contributed by atoms with van der Waals surface area (Å²) in [5.74, 6) is 0.222. The summed E-state index contributed by atoms with van der Waals surface area (Å²) in [6.07, 6.45) is 1.47. The molecule has 0 saturated carbocycles. The van der Waals surface area contributed by atoms with Crippen LogP contribution < -0.4 is 4.72 Å². The minimum Gasteiger partial charge on any atom is -0.360 e. The third-order valence-corrected chi connectivity index (χ3v) is 4.15. The van der Waals surface area contributed by atoms with Gasteiger partial charge in [-0.2, -0.15) is 0 Å². The molecule has 0 spiro atoms. The molecular weight excluding hydrogens is 278 g/mol. The minimum absolute atomic E-state index is 0.0161. The number of nitrogens with zero attached hydrogens (tertiary/aromatic N) is 2. The number of hydrogen-bond acceptors (Lipinski definition) is 5. The lowest BCUT2D eigenvalue weighted by Crippen LogP contribution is -2.15. The van der Waals surface area contributed by atoms with Gasteiger partial charge in [0.25, 0.3) is 10.0 Å². The standard InChI is InChI=1S/C10H10ClN3O3S/c1-6-9(7(2)17-13-6)18(15,16)14-8-4-3-5-12-10(8)11/h3-5,14H,1-2H3. The summed E-state index contributed by atoms with van der Waals surface area (Å²) in [5.41, 5.74) is 0.499. The summed E-state index contributed by atoms with van der Waals surface area (Å²) < 4.78 is 31.5. The fraction of sp³-hybridized carbons (Fsp3) is 0.200.